The minimum absolute atomic E-state index is 0.211. The van der Waals surface area contributed by atoms with E-state index in [1.807, 2.05) is 91.0 Å². The zero-order valence-electron chi connectivity index (χ0n) is 30.0. The molecule has 0 amide bonds. The van der Waals surface area contributed by atoms with E-state index in [1.54, 1.807) is 13.8 Å². The van der Waals surface area contributed by atoms with Gasteiger partial charge in [0.1, 0.15) is 0 Å². The zero-order chi connectivity index (χ0) is 35.5. The van der Waals surface area contributed by atoms with Crippen LogP contribution in [0.25, 0.3) is 0 Å². The Morgan fingerprint density at radius 2 is 0.511 bits per heavy atom. The van der Waals surface area contributed by atoms with E-state index in [9.17, 15) is 9.59 Å². The molecule has 0 saturated heterocycles. The smallest absolute Gasteiger partial charge is 0.302 e. The number of esters is 2. The summed E-state index contributed by atoms with van der Waals surface area (Å²) in [7, 11) is 0. The lowest BCUT2D eigenvalue weighted by atomic mass is 10.2. The molecule has 0 radical (unpaired) electrons. The van der Waals surface area contributed by atoms with E-state index in [1.165, 1.54) is 41.7 Å². The van der Waals surface area contributed by atoms with E-state index in [0.29, 0.717) is 13.2 Å². The Hall–Kier alpha value is -4.96. The van der Waals surface area contributed by atoms with Crippen molar-refractivity contribution in [2.75, 3.05) is 13.2 Å². The molecule has 4 heteroatoms. The van der Waals surface area contributed by atoms with Gasteiger partial charge in [-0.25, -0.2) is 0 Å². The number of carbonyl (C=O) groups excluding carboxylic acids is 2. The monoisotopic (exact) mass is 636 g/mol. The van der Waals surface area contributed by atoms with Crippen molar-refractivity contribution >= 4 is 11.9 Å². The fourth-order valence-electron chi connectivity index (χ4n) is 3.08. The molecule has 5 aromatic rings. The molecule has 0 aliphatic rings. The lowest BCUT2D eigenvalue weighted by Gasteiger charge is -1.89. The third-order valence-electron chi connectivity index (χ3n) is 5.40. The highest BCUT2D eigenvalue weighted by atomic mass is 16.5. The minimum Gasteiger partial charge on any atom is -0.466 e. The quantitative estimate of drug-likeness (QED) is 0.181. The van der Waals surface area contributed by atoms with Crippen molar-refractivity contribution in [3.05, 3.63) is 179 Å². The second-order valence-electron chi connectivity index (χ2n) is 10.1. The third-order valence-corrected chi connectivity index (χ3v) is 5.40. The number of carbonyl (C=O) groups is 2. The van der Waals surface area contributed by atoms with Crippen LogP contribution in [-0.2, 0) is 19.1 Å². The van der Waals surface area contributed by atoms with Gasteiger partial charge in [-0.1, -0.05) is 179 Å². The highest BCUT2D eigenvalue weighted by Gasteiger charge is 1.82. The van der Waals surface area contributed by atoms with Crippen molar-refractivity contribution in [3.8, 4) is 0 Å². The van der Waals surface area contributed by atoms with Crippen LogP contribution in [0.2, 0.25) is 0 Å². The maximum absolute atomic E-state index is 9.82. The third kappa shape index (κ3) is 37.1. The number of aryl methyl sites for hydroxylation is 5. The van der Waals surface area contributed by atoms with Crippen LogP contribution >= 0.6 is 0 Å². The maximum atomic E-state index is 9.82. The first-order valence-corrected chi connectivity index (χ1v) is 15.9. The number of hydrogen-bond donors (Lipinski definition) is 0. The first-order valence-electron chi connectivity index (χ1n) is 15.9. The van der Waals surface area contributed by atoms with Gasteiger partial charge in [0.05, 0.1) is 13.2 Å². The lowest BCUT2D eigenvalue weighted by Crippen LogP contribution is -1.95. The molecule has 47 heavy (non-hydrogen) atoms. The van der Waals surface area contributed by atoms with Gasteiger partial charge in [-0.05, 0) is 48.5 Å². The van der Waals surface area contributed by atoms with Crippen LogP contribution < -0.4 is 0 Å². The van der Waals surface area contributed by atoms with Crippen molar-refractivity contribution in [1.82, 2.24) is 0 Å². The molecule has 0 spiro atoms. The van der Waals surface area contributed by atoms with Crippen molar-refractivity contribution in [2.45, 2.75) is 62.3 Å². The number of rotatable bonds is 2. The molecular formula is C43H56O4. The van der Waals surface area contributed by atoms with Crippen LogP contribution in [0.4, 0.5) is 0 Å². The van der Waals surface area contributed by atoms with E-state index in [-0.39, 0.29) is 11.9 Å². The minimum atomic E-state index is -0.211. The average Bonchev–Trinajstić information content (AvgIpc) is 3.05. The standard InChI is InChI=1S/5C7H8.2C4H8O2/c5*1-7-5-3-2-4-6-7;2*1-3-6-4(2)5/h5*2-6H,1H3;2*3H2,1-2H3. The van der Waals surface area contributed by atoms with Crippen LogP contribution in [0, 0.1) is 34.6 Å². The molecule has 0 atom stereocenters. The van der Waals surface area contributed by atoms with Crippen LogP contribution in [-0.4, -0.2) is 25.2 Å². The molecule has 0 bridgehead atoms. The fourth-order valence-corrected chi connectivity index (χ4v) is 3.08. The molecule has 0 heterocycles. The fraction of sp³-hybridized carbons (Fsp3) is 0.256. The van der Waals surface area contributed by atoms with Crippen molar-refractivity contribution in [3.63, 3.8) is 0 Å². The molecule has 0 unspecified atom stereocenters. The molecule has 0 aliphatic carbocycles. The summed E-state index contributed by atoms with van der Waals surface area (Å²) in [6, 6.07) is 51.3. The van der Waals surface area contributed by atoms with E-state index >= 15 is 0 Å². The van der Waals surface area contributed by atoms with Gasteiger partial charge in [-0.3, -0.25) is 9.59 Å². The molecule has 0 N–H and O–H groups in total. The zero-order valence-corrected chi connectivity index (χ0v) is 30.0. The van der Waals surface area contributed by atoms with E-state index in [0.717, 1.165) is 0 Å². The summed E-state index contributed by atoms with van der Waals surface area (Å²) in [6.45, 7) is 17.7. The summed E-state index contributed by atoms with van der Waals surface area (Å²) >= 11 is 0. The van der Waals surface area contributed by atoms with E-state index < -0.39 is 0 Å². The Morgan fingerprint density at radius 3 is 0.553 bits per heavy atom. The van der Waals surface area contributed by atoms with Crippen LogP contribution in [0.1, 0.15) is 55.5 Å². The van der Waals surface area contributed by atoms with Crippen molar-refractivity contribution in [1.29, 1.82) is 0 Å². The Morgan fingerprint density at radius 1 is 0.362 bits per heavy atom. The van der Waals surface area contributed by atoms with Crippen LogP contribution in [0.5, 0.6) is 0 Å². The molecule has 0 aromatic heterocycles. The topological polar surface area (TPSA) is 52.6 Å². The molecule has 0 aliphatic heterocycles. The highest BCUT2D eigenvalue weighted by Crippen LogP contribution is 1.94. The summed E-state index contributed by atoms with van der Waals surface area (Å²) in [5, 5.41) is 0. The normalized spacial score (nSPS) is 8.45. The van der Waals surface area contributed by atoms with Gasteiger partial charge in [0.25, 0.3) is 0 Å². The predicted molar refractivity (Wildman–Crippen MR) is 201 cm³/mol. The van der Waals surface area contributed by atoms with Gasteiger partial charge in [0.15, 0.2) is 0 Å². The Balaban J connectivity index is 0. The number of benzene rings is 5. The summed E-state index contributed by atoms with van der Waals surface area (Å²) in [6.07, 6.45) is 0. The summed E-state index contributed by atoms with van der Waals surface area (Å²) in [5.41, 5.74) is 6.61. The lowest BCUT2D eigenvalue weighted by molar-refractivity contribution is -0.141. The van der Waals surface area contributed by atoms with Crippen molar-refractivity contribution in [2.24, 2.45) is 0 Å². The molecule has 4 nitrogen and oxygen atoms in total. The average molecular weight is 637 g/mol. The molecule has 0 saturated carbocycles. The Kier molecular flexibility index (Phi) is 30.5. The maximum Gasteiger partial charge on any atom is 0.302 e. The number of hydrogen-bond acceptors (Lipinski definition) is 4. The van der Waals surface area contributed by atoms with Crippen LogP contribution in [0.3, 0.4) is 0 Å². The number of ether oxygens (including phenoxy) is 2. The molecule has 5 rings (SSSR count). The summed E-state index contributed by atoms with van der Waals surface area (Å²) in [5.74, 6) is -0.421. The van der Waals surface area contributed by atoms with Gasteiger partial charge in [-0.2, -0.15) is 0 Å². The molecule has 5 aromatic carbocycles. The van der Waals surface area contributed by atoms with Gasteiger partial charge in [-0.15, -0.1) is 0 Å². The Labute approximate surface area is 285 Å². The summed E-state index contributed by atoms with van der Waals surface area (Å²) in [4.78, 5) is 19.6. The van der Waals surface area contributed by atoms with Gasteiger partial charge in [0.2, 0.25) is 0 Å². The van der Waals surface area contributed by atoms with E-state index in [2.05, 4.69) is 105 Å². The second-order valence-corrected chi connectivity index (χ2v) is 10.1. The van der Waals surface area contributed by atoms with Crippen LogP contribution in [0.15, 0.2) is 152 Å². The van der Waals surface area contributed by atoms with Gasteiger partial charge < -0.3 is 9.47 Å². The van der Waals surface area contributed by atoms with Crippen molar-refractivity contribution < 1.29 is 19.1 Å². The predicted octanol–water partition coefficient (Wildman–Crippen LogP) is 11.1. The SMILES string of the molecule is CCOC(C)=O.CCOC(C)=O.Cc1ccccc1.Cc1ccccc1.Cc1ccccc1.Cc1ccccc1.Cc1ccccc1. The summed E-state index contributed by atoms with van der Waals surface area (Å²) < 4.78 is 8.81. The largest absolute Gasteiger partial charge is 0.466 e. The first kappa shape index (κ1) is 44.2. The molecular weight excluding hydrogens is 580 g/mol. The van der Waals surface area contributed by atoms with E-state index in [4.69, 9.17) is 0 Å². The van der Waals surface area contributed by atoms with Gasteiger partial charge >= 0.3 is 11.9 Å². The Bertz CT molecular complexity index is 1120. The molecule has 252 valence electrons. The first-order chi connectivity index (χ1) is 22.5. The molecule has 0 fully saturated rings. The van der Waals surface area contributed by atoms with Gasteiger partial charge in [0, 0.05) is 13.8 Å². The highest BCUT2D eigenvalue weighted by molar-refractivity contribution is 5.66. The second kappa shape index (κ2) is 32.4.